The molecule has 3 heteroatoms. The van der Waals surface area contributed by atoms with Crippen LogP contribution in [-0.2, 0) is 17.6 Å². The van der Waals surface area contributed by atoms with E-state index in [1.807, 2.05) is 18.3 Å². The number of carbonyl (C=O) groups excluding carboxylic acids is 1. The number of aryl methyl sites for hydroxylation is 1. The zero-order valence-corrected chi connectivity index (χ0v) is 9.49. The number of aromatic nitrogens is 1. The first kappa shape index (κ1) is 12.4. The fourth-order valence-electron chi connectivity index (χ4n) is 1.31. The van der Waals surface area contributed by atoms with E-state index in [9.17, 15) is 4.79 Å². The first-order chi connectivity index (χ1) is 7.76. The maximum absolute atomic E-state index is 11.5. The van der Waals surface area contributed by atoms with Crippen molar-refractivity contribution >= 4 is 5.78 Å². The Morgan fingerprint density at radius 2 is 2.38 bits per heavy atom. The molecule has 1 N–H and O–H groups in total. The third-order valence-corrected chi connectivity index (χ3v) is 2.22. The predicted molar refractivity (Wildman–Crippen MR) is 64.0 cm³/mol. The highest BCUT2D eigenvalue weighted by Gasteiger charge is 2.03. The van der Waals surface area contributed by atoms with Crippen molar-refractivity contribution in [1.29, 1.82) is 0 Å². The molecule has 0 aliphatic carbocycles. The Balaban J connectivity index is 2.41. The molecule has 0 atom stereocenters. The van der Waals surface area contributed by atoms with Gasteiger partial charge in [-0.25, -0.2) is 0 Å². The van der Waals surface area contributed by atoms with E-state index in [-0.39, 0.29) is 5.78 Å². The largest absolute Gasteiger partial charge is 0.299 e. The monoisotopic (exact) mass is 216 g/mol. The van der Waals surface area contributed by atoms with Gasteiger partial charge in [-0.05, 0) is 18.1 Å². The third-order valence-electron chi connectivity index (χ3n) is 2.22. The number of Topliss-reactive ketones (excluding diaryl/α,β-unsaturated/α-hetero) is 1. The third kappa shape index (κ3) is 4.24. The van der Waals surface area contributed by atoms with Gasteiger partial charge >= 0.3 is 0 Å². The van der Waals surface area contributed by atoms with Crippen molar-refractivity contribution in [3.05, 3.63) is 29.6 Å². The number of hydrogen-bond acceptors (Lipinski definition) is 3. The van der Waals surface area contributed by atoms with E-state index in [0.717, 1.165) is 12.1 Å². The average Bonchev–Trinajstić information content (AvgIpc) is 2.30. The van der Waals surface area contributed by atoms with Crippen LogP contribution in [0.1, 0.15) is 18.2 Å². The summed E-state index contributed by atoms with van der Waals surface area (Å²) in [6.07, 6.45) is 8.21. The number of rotatable bonds is 6. The summed E-state index contributed by atoms with van der Waals surface area (Å²) in [6.45, 7) is 2.81. The molecule has 0 saturated carbocycles. The highest BCUT2D eigenvalue weighted by Crippen LogP contribution is 2.01. The summed E-state index contributed by atoms with van der Waals surface area (Å²) in [5.74, 6) is 2.53. The summed E-state index contributed by atoms with van der Waals surface area (Å²) in [7, 11) is 0. The standard InChI is InChI=1S/C13H16N2O/c1-3-7-14-10-13(16)8-12-6-5-11(4-2)9-15-12/h1,5-6,9,14H,4,7-8,10H2,2H3. The van der Waals surface area contributed by atoms with Gasteiger partial charge < -0.3 is 0 Å². The van der Waals surface area contributed by atoms with Crippen molar-refractivity contribution in [2.24, 2.45) is 0 Å². The molecule has 0 radical (unpaired) electrons. The first-order valence-electron chi connectivity index (χ1n) is 5.36. The van der Waals surface area contributed by atoms with Crippen LogP contribution in [-0.4, -0.2) is 23.9 Å². The number of ketones is 1. The highest BCUT2D eigenvalue weighted by atomic mass is 16.1. The van der Waals surface area contributed by atoms with E-state index < -0.39 is 0 Å². The fourth-order valence-corrected chi connectivity index (χ4v) is 1.31. The van der Waals surface area contributed by atoms with Gasteiger partial charge in [-0.1, -0.05) is 18.9 Å². The van der Waals surface area contributed by atoms with Crippen LogP contribution in [0.15, 0.2) is 18.3 Å². The van der Waals surface area contributed by atoms with Crippen LogP contribution in [0.25, 0.3) is 0 Å². The zero-order chi connectivity index (χ0) is 11.8. The normalized spacial score (nSPS) is 9.75. The lowest BCUT2D eigenvalue weighted by Crippen LogP contribution is -2.24. The number of pyridine rings is 1. The quantitative estimate of drug-likeness (QED) is 0.569. The maximum atomic E-state index is 11.5. The van der Waals surface area contributed by atoms with Gasteiger partial charge in [0.15, 0.2) is 5.78 Å². The molecule has 1 rings (SSSR count). The molecule has 0 saturated heterocycles. The number of nitrogens with zero attached hydrogens (tertiary/aromatic N) is 1. The Kier molecular flexibility index (Phi) is 5.24. The van der Waals surface area contributed by atoms with Gasteiger partial charge in [0.2, 0.25) is 0 Å². The summed E-state index contributed by atoms with van der Waals surface area (Å²) in [4.78, 5) is 15.7. The molecule has 0 aliphatic rings. The minimum absolute atomic E-state index is 0.104. The second-order valence-corrected chi connectivity index (χ2v) is 3.53. The molecular formula is C13H16N2O. The molecule has 0 spiro atoms. The van der Waals surface area contributed by atoms with E-state index in [0.29, 0.717) is 19.5 Å². The van der Waals surface area contributed by atoms with Gasteiger partial charge in [-0.2, -0.15) is 0 Å². The Labute approximate surface area is 96.3 Å². The fraction of sp³-hybridized carbons (Fsp3) is 0.385. The number of carbonyl (C=O) groups is 1. The molecule has 0 aliphatic heterocycles. The minimum Gasteiger partial charge on any atom is -0.299 e. The topological polar surface area (TPSA) is 42.0 Å². The highest BCUT2D eigenvalue weighted by molar-refractivity contribution is 5.82. The molecule has 84 valence electrons. The zero-order valence-electron chi connectivity index (χ0n) is 9.49. The molecule has 0 unspecified atom stereocenters. The molecular weight excluding hydrogens is 200 g/mol. The second-order valence-electron chi connectivity index (χ2n) is 3.53. The SMILES string of the molecule is C#CCNCC(=O)Cc1ccc(CC)cn1. The summed E-state index contributed by atoms with van der Waals surface area (Å²) in [6, 6.07) is 3.91. The van der Waals surface area contributed by atoms with Gasteiger partial charge in [0.25, 0.3) is 0 Å². The van der Waals surface area contributed by atoms with E-state index in [4.69, 9.17) is 6.42 Å². The van der Waals surface area contributed by atoms with Crippen molar-refractivity contribution in [2.45, 2.75) is 19.8 Å². The Morgan fingerprint density at radius 3 is 2.94 bits per heavy atom. The van der Waals surface area contributed by atoms with Crippen molar-refractivity contribution in [1.82, 2.24) is 10.3 Å². The summed E-state index contributed by atoms with van der Waals surface area (Å²) in [5.41, 5.74) is 1.99. The van der Waals surface area contributed by atoms with Crippen molar-refractivity contribution in [3.63, 3.8) is 0 Å². The van der Waals surface area contributed by atoms with Crippen molar-refractivity contribution < 1.29 is 4.79 Å². The van der Waals surface area contributed by atoms with Gasteiger partial charge in [0.05, 0.1) is 19.5 Å². The van der Waals surface area contributed by atoms with Crippen LogP contribution in [0.5, 0.6) is 0 Å². The smallest absolute Gasteiger partial charge is 0.152 e. The van der Waals surface area contributed by atoms with Crippen LogP contribution in [0.4, 0.5) is 0 Å². The second kappa shape index (κ2) is 6.76. The van der Waals surface area contributed by atoms with Crippen LogP contribution in [0.2, 0.25) is 0 Å². The lowest BCUT2D eigenvalue weighted by atomic mass is 10.1. The van der Waals surface area contributed by atoms with Crippen molar-refractivity contribution in [3.8, 4) is 12.3 Å². The number of hydrogen-bond donors (Lipinski definition) is 1. The molecule has 16 heavy (non-hydrogen) atoms. The van der Waals surface area contributed by atoms with Crippen LogP contribution in [0, 0.1) is 12.3 Å². The molecule has 3 nitrogen and oxygen atoms in total. The van der Waals surface area contributed by atoms with Crippen LogP contribution >= 0.6 is 0 Å². The molecule has 0 fully saturated rings. The summed E-state index contributed by atoms with van der Waals surface area (Å²) < 4.78 is 0. The molecule has 0 aromatic carbocycles. The molecule has 1 heterocycles. The number of terminal acetylenes is 1. The molecule has 0 amide bonds. The Morgan fingerprint density at radius 1 is 1.56 bits per heavy atom. The van der Waals surface area contributed by atoms with Crippen LogP contribution < -0.4 is 5.32 Å². The number of nitrogens with one attached hydrogen (secondary N) is 1. The summed E-state index contributed by atoms with van der Waals surface area (Å²) in [5, 5.41) is 2.86. The van der Waals surface area contributed by atoms with E-state index in [2.05, 4.69) is 23.1 Å². The van der Waals surface area contributed by atoms with E-state index in [1.54, 1.807) is 0 Å². The van der Waals surface area contributed by atoms with Crippen molar-refractivity contribution in [2.75, 3.05) is 13.1 Å². The lowest BCUT2D eigenvalue weighted by Gasteiger charge is -2.02. The molecule has 1 aromatic rings. The lowest BCUT2D eigenvalue weighted by molar-refractivity contribution is -0.117. The summed E-state index contributed by atoms with van der Waals surface area (Å²) >= 11 is 0. The van der Waals surface area contributed by atoms with E-state index in [1.165, 1.54) is 5.56 Å². The average molecular weight is 216 g/mol. The van der Waals surface area contributed by atoms with Gasteiger partial charge in [-0.15, -0.1) is 6.42 Å². The van der Waals surface area contributed by atoms with Gasteiger partial charge in [0, 0.05) is 11.9 Å². The first-order valence-corrected chi connectivity index (χ1v) is 5.36. The van der Waals surface area contributed by atoms with Gasteiger partial charge in [0.1, 0.15) is 0 Å². The molecule has 1 aromatic heterocycles. The predicted octanol–water partition coefficient (Wildman–Crippen LogP) is 0.978. The van der Waals surface area contributed by atoms with E-state index >= 15 is 0 Å². The van der Waals surface area contributed by atoms with Crippen LogP contribution in [0.3, 0.4) is 0 Å². The maximum Gasteiger partial charge on any atom is 0.152 e. The Bertz CT molecular complexity index is 376. The minimum atomic E-state index is 0.104. The Hall–Kier alpha value is -1.66. The van der Waals surface area contributed by atoms with Gasteiger partial charge in [-0.3, -0.25) is 15.1 Å². The molecule has 0 bridgehead atoms.